The molecule has 1 saturated heterocycles. The molecule has 19 heavy (non-hydrogen) atoms. The van der Waals surface area contributed by atoms with E-state index in [1.165, 1.54) is 25.7 Å². The lowest BCUT2D eigenvalue weighted by Crippen LogP contribution is -2.56. The molecule has 1 unspecified atom stereocenters. The lowest BCUT2D eigenvalue weighted by molar-refractivity contribution is -0.135. The Kier molecular flexibility index (Phi) is 5.40. The fraction of sp³-hybridized carbons (Fsp3) is 0.938. The van der Waals surface area contributed by atoms with Crippen molar-refractivity contribution in [1.82, 2.24) is 4.90 Å². The normalized spacial score (nSPS) is 25.4. The summed E-state index contributed by atoms with van der Waals surface area (Å²) in [6.45, 7) is 7.89. The summed E-state index contributed by atoms with van der Waals surface area (Å²) < 4.78 is 5.45. The van der Waals surface area contributed by atoms with Gasteiger partial charge in [0.05, 0.1) is 18.8 Å². The van der Waals surface area contributed by atoms with Crippen LogP contribution in [0.1, 0.15) is 58.8 Å². The monoisotopic (exact) mass is 267 g/mol. The van der Waals surface area contributed by atoms with Crippen molar-refractivity contribution in [1.29, 1.82) is 0 Å². The number of carbonyl (C=O) groups excluding carboxylic acids is 1. The van der Waals surface area contributed by atoms with E-state index in [4.69, 9.17) is 4.74 Å². The predicted molar refractivity (Wildman–Crippen MR) is 77.3 cm³/mol. The molecule has 1 aliphatic carbocycles. The smallest absolute Gasteiger partial charge is 0.153 e. The molecule has 2 aliphatic rings. The van der Waals surface area contributed by atoms with Crippen LogP contribution in [0.2, 0.25) is 0 Å². The van der Waals surface area contributed by atoms with Crippen molar-refractivity contribution in [3.63, 3.8) is 0 Å². The van der Waals surface area contributed by atoms with Crippen LogP contribution in [-0.4, -0.2) is 42.5 Å². The topological polar surface area (TPSA) is 29.5 Å². The van der Waals surface area contributed by atoms with Crippen molar-refractivity contribution >= 4 is 5.78 Å². The first-order valence-corrected chi connectivity index (χ1v) is 8.05. The van der Waals surface area contributed by atoms with E-state index in [-0.39, 0.29) is 5.54 Å². The molecular formula is C16H29NO2. The third-order valence-corrected chi connectivity index (χ3v) is 4.88. The standard InChI is InChI=1S/C16H29NO2/c1-3-6-14(2)13-15(18)16(7-4-5-8-16)17-9-11-19-12-10-17/h14H,3-13H2,1-2H3. The third kappa shape index (κ3) is 3.38. The van der Waals surface area contributed by atoms with Crippen LogP contribution in [0.4, 0.5) is 0 Å². The van der Waals surface area contributed by atoms with Gasteiger partial charge in [0.1, 0.15) is 0 Å². The van der Waals surface area contributed by atoms with E-state index in [9.17, 15) is 4.79 Å². The molecule has 0 radical (unpaired) electrons. The van der Waals surface area contributed by atoms with Gasteiger partial charge < -0.3 is 4.74 Å². The van der Waals surface area contributed by atoms with Crippen LogP contribution in [-0.2, 0) is 9.53 Å². The quantitative estimate of drug-likeness (QED) is 0.741. The second-order valence-corrected chi connectivity index (χ2v) is 6.36. The van der Waals surface area contributed by atoms with Crippen molar-refractivity contribution < 1.29 is 9.53 Å². The van der Waals surface area contributed by atoms with E-state index in [0.29, 0.717) is 11.7 Å². The highest BCUT2D eigenvalue weighted by Crippen LogP contribution is 2.38. The van der Waals surface area contributed by atoms with Crippen molar-refractivity contribution in [2.75, 3.05) is 26.3 Å². The first-order chi connectivity index (χ1) is 9.19. The summed E-state index contributed by atoms with van der Waals surface area (Å²) >= 11 is 0. The van der Waals surface area contributed by atoms with Crippen LogP contribution in [0.25, 0.3) is 0 Å². The SMILES string of the molecule is CCCC(C)CC(=O)C1(N2CCOCC2)CCCC1. The number of hydrogen-bond acceptors (Lipinski definition) is 3. The lowest BCUT2D eigenvalue weighted by atomic mass is 9.83. The lowest BCUT2D eigenvalue weighted by Gasteiger charge is -2.42. The van der Waals surface area contributed by atoms with Gasteiger partial charge in [0.2, 0.25) is 0 Å². The molecule has 1 aliphatic heterocycles. The second kappa shape index (κ2) is 6.85. The number of Topliss-reactive ketones (excluding diaryl/α,β-unsaturated/α-hetero) is 1. The van der Waals surface area contributed by atoms with E-state index >= 15 is 0 Å². The number of carbonyl (C=O) groups is 1. The molecule has 1 atom stereocenters. The zero-order valence-corrected chi connectivity index (χ0v) is 12.6. The number of ether oxygens (including phenoxy) is 1. The highest BCUT2D eigenvalue weighted by molar-refractivity contribution is 5.89. The molecule has 3 heteroatoms. The molecule has 0 bridgehead atoms. The highest BCUT2D eigenvalue weighted by Gasteiger charge is 2.45. The molecule has 2 rings (SSSR count). The summed E-state index contributed by atoms with van der Waals surface area (Å²) in [6.07, 6.45) is 7.70. The summed E-state index contributed by atoms with van der Waals surface area (Å²) in [5.41, 5.74) is -0.133. The molecule has 110 valence electrons. The van der Waals surface area contributed by atoms with Gasteiger partial charge in [-0.15, -0.1) is 0 Å². The summed E-state index contributed by atoms with van der Waals surface area (Å²) in [5.74, 6) is 1.05. The van der Waals surface area contributed by atoms with E-state index in [2.05, 4.69) is 18.7 Å². The molecule has 0 spiro atoms. The van der Waals surface area contributed by atoms with Crippen LogP contribution >= 0.6 is 0 Å². The molecule has 3 nitrogen and oxygen atoms in total. The fourth-order valence-corrected chi connectivity index (χ4v) is 3.82. The molecule has 2 fully saturated rings. The maximum atomic E-state index is 12.9. The molecule has 0 aromatic carbocycles. The summed E-state index contributed by atoms with van der Waals surface area (Å²) in [5, 5.41) is 0. The Hall–Kier alpha value is -0.410. The van der Waals surface area contributed by atoms with Gasteiger partial charge in [-0.1, -0.05) is 39.5 Å². The van der Waals surface area contributed by atoms with Gasteiger partial charge in [-0.2, -0.15) is 0 Å². The van der Waals surface area contributed by atoms with Crippen LogP contribution in [0.3, 0.4) is 0 Å². The first kappa shape index (κ1) is 15.0. The minimum absolute atomic E-state index is 0.133. The Morgan fingerprint density at radius 1 is 1.26 bits per heavy atom. The van der Waals surface area contributed by atoms with Crippen LogP contribution in [0.5, 0.6) is 0 Å². The van der Waals surface area contributed by atoms with E-state index in [1.54, 1.807) is 0 Å². The summed E-state index contributed by atoms with van der Waals surface area (Å²) in [7, 11) is 0. The van der Waals surface area contributed by atoms with Gasteiger partial charge in [-0.3, -0.25) is 9.69 Å². The average molecular weight is 267 g/mol. The van der Waals surface area contributed by atoms with Crippen LogP contribution < -0.4 is 0 Å². The van der Waals surface area contributed by atoms with Crippen LogP contribution in [0, 0.1) is 5.92 Å². The molecule has 1 saturated carbocycles. The van der Waals surface area contributed by atoms with Gasteiger partial charge in [0, 0.05) is 19.5 Å². The summed E-state index contributed by atoms with van der Waals surface area (Å²) in [6, 6.07) is 0. The second-order valence-electron chi connectivity index (χ2n) is 6.36. The number of morpholine rings is 1. The van der Waals surface area contributed by atoms with Gasteiger partial charge in [0.15, 0.2) is 5.78 Å². The first-order valence-electron chi connectivity index (χ1n) is 8.05. The van der Waals surface area contributed by atoms with Crippen LogP contribution in [0.15, 0.2) is 0 Å². The van der Waals surface area contributed by atoms with Crippen molar-refractivity contribution in [3.05, 3.63) is 0 Å². The van der Waals surface area contributed by atoms with Gasteiger partial charge in [-0.05, 0) is 18.8 Å². The Morgan fingerprint density at radius 3 is 2.47 bits per heavy atom. The number of hydrogen-bond donors (Lipinski definition) is 0. The number of ketones is 1. The zero-order chi connectivity index (χ0) is 13.7. The number of nitrogens with zero attached hydrogens (tertiary/aromatic N) is 1. The van der Waals surface area contributed by atoms with Crippen molar-refractivity contribution in [2.45, 2.75) is 64.3 Å². The predicted octanol–water partition coefficient (Wildman–Crippen LogP) is 3.03. The van der Waals surface area contributed by atoms with E-state index in [1.807, 2.05) is 0 Å². The molecule has 0 aromatic heterocycles. The Morgan fingerprint density at radius 2 is 1.89 bits per heavy atom. The Labute approximate surface area is 117 Å². The molecular weight excluding hydrogens is 238 g/mol. The minimum atomic E-state index is -0.133. The third-order valence-electron chi connectivity index (χ3n) is 4.88. The highest BCUT2D eigenvalue weighted by atomic mass is 16.5. The zero-order valence-electron chi connectivity index (χ0n) is 12.6. The van der Waals surface area contributed by atoms with Gasteiger partial charge in [-0.25, -0.2) is 0 Å². The maximum Gasteiger partial charge on any atom is 0.153 e. The summed E-state index contributed by atoms with van der Waals surface area (Å²) in [4.78, 5) is 15.3. The molecule has 0 aromatic rings. The van der Waals surface area contributed by atoms with Crippen molar-refractivity contribution in [2.24, 2.45) is 5.92 Å². The van der Waals surface area contributed by atoms with E-state index in [0.717, 1.165) is 45.6 Å². The Balaban J connectivity index is 2.03. The van der Waals surface area contributed by atoms with E-state index < -0.39 is 0 Å². The molecule has 0 amide bonds. The molecule has 1 heterocycles. The fourth-order valence-electron chi connectivity index (χ4n) is 3.82. The maximum absolute atomic E-state index is 12.9. The molecule has 0 N–H and O–H groups in total. The van der Waals surface area contributed by atoms with Crippen molar-refractivity contribution in [3.8, 4) is 0 Å². The number of rotatable bonds is 6. The average Bonchev–Trinajstić information content (AvgIpc) is 2.90. The minimum Gasteiger partial charge on any atom is -0.379 e. The van der Waals surface area contributed by atoms with Gasteiger partial charge >= 0.3 is 0 Å². The largest absolute Gasteiger partial charge is 0.379 e. The Bertz CT molecular complexity index is 291. The van der Waals surface area contributed by atoms with Gasteiger partial charge in [0.25, 0.3) is 0 Å².